The molecular weight excluding hydrogens is 324 g/mol. The first-order chi connectivity index (χ1) is 11.2. The van der Waals surface area contributed by atoms with Gasteiger partial charge in [-0.1, -0.05) is 26.0 Å². The lowest BCUT2D eigenvalue weighted by atomic mass is 9.97. The summed E-state index contributed by atoms with van der Waals surface area (Å²) in [5.41, 5.74) is 2.14. The third-order valence-electron chi connectivity index (χ3n) is 3.82. The number of amides is 1. The Bertz CT molecular complexity index is 845. The van der Waals surface area contributed by atoms with Gasteiger partial charge in [0.25, 0.3) is 5.91 Å². The average molecular weight is 346 g/mol. The normalized spacial score (nSPS) is 12.9. The van der Waals surface area contributed by atoms with Crippen LogP contribution in [0.25, 0.3) is 0 Å². The van der Waals surface area contributed by atoms with E-state index in [0.717, 1.165) is 17.5 Å². The second-order valence-electron chi connectivity index (χ2n) is 6.20. The Morgan fingerprint density at radius 1 is 1.17 bits per heavy atom. The third-order valence-corrected chi connectivity index (χ3v) is 4.93. The zero-order valence-electron chi connectivity index (χ0n) is 14.3. The van der Waals surface area contributed by atoms with Gasteiger partial charge in [-0.2, -0.15) is 0 Å². The molecule has 0 spiro atoms. The highest BCUT2D eigenvalue weighted by atomic mass is 32.2. The molecule has 24 heavy (non-hydrogen) atoms. The molecule has 0 aliphatic heterocycles. The van der Waals surface area contributed by atoms with E-state index in [1.165, 1.54) is 12.1 Å². The summed E-state index contributed by atoms with van der Waals surface area (Å²) in [6.45, 7) is 5.96. The molecule has 0 bridgehead atoms. The summed E-state index contributed by atoms with van der Waals surface area (Å²) in [7, 11) is -3.35. The van der Waals surface area contributed by atoms with Gasteiger partial charge < -0.3 is 5.32 Å². The topological polar surface area (TPSA) is 76.1 Å². The highest BCUT2D eigenvalue weighted by molar-refractivity contribution is 7.90. The molecule has 0 fully saturated rings. The molecule has 0 aliphatic rings. The van der Waals surface area contributed by atoms with Crippen molar-refractivity contribution >= 4 is 15.7 Å². The van der Waals surface area contributed by atoms with Crippen molar-refractivity contribution in [2.24, 2.45) is 5.92 Å². The minimum Gasteiger partial charge on any atom is -0.343 e. The highest BCUT2D eigenvalue weighted by Crippen LogP contribution is 2.23. The number of hydrogen-bond donors (Lipinski definition) is 1. The summed E-state index contributed by atoms with van der Waals surface area (Å²) >= 11 is 0. The van der Waals surface area contributed by atoms with Crippen molar-refractivity contribution < 1.29 is 13.2 Å². The third kappa shape index (κ3) is 4.20. The molecule has 0 radical (unpaired) electrons. The molecule has 0 unspecified atom stereocenters. The second-order valence-corrected chi connectivity index (χ2v) is 8.22. The van der Waals surface area contributed by atoms with Gasteiger partial charge in [0.05, 0.1) is 16.6 Å². The SMILES string of the molecule is Cc1cccnc1[C@H](NC(=O)c1cccc(S(C)(=O)=O)c1)C(C)C. The number of sulfone groups is 1. The van der Waals surface area contributed by atoms with Crippen molar-refractivity contribution in [1.82, 2.24) is 10.3 Å². The largest absolute Gasteiger partial charge is 0.343 e. The van der Waals surface area contributed by atoms with Crippen LogP contribution in [0.3, 0.4) is 0 Å². The molecule has 0 aliphatic carbocycles. The van der Waals surface area contributed by atoms with Gasteiger partial charge in [0.15, 0.2) is 9.84 Å². The van der Waals surface area contributed by atoms with Gasteiger partial charge in [-0.3, -0.25) is 9.78 Å². The molecule has 2 rings (SSSR count). The van der Waals surface area contributed by atoms with E-state index in [4.69, 9.17) is 0 Å². The molecule has 1 atom stereocenters. The van der Waals surface area contributed by atoms with Crippen molar-refractivity contribution in [1.29, 1.82) is 0 Å². The Labute approximate surface area is 143 Å². The Hall–Kier alpha value is -2.21. The van der Waals surface area contributed by atoms with E-state index in [-0.39, 0.29) is 22.8 Å². The Kier molecular flexibility index (Phi) is 5.39. The lowest BCUT2D eigenvalue weighted by Gasteiger charge is -2.23. The summed E-state index contributed by atoms with van der Waals surface area (Å²) in [5, 5.41) is 2.97. The van der Waals surface area contributed by atoms with Crippen LogP contribution < -0.4 is 5.32 Å². The maximum absolute atomic E-state index is 12.6. The number of pyridine rings is 1. The zero-order chi connectivity index (χ0) is 17.9. The molecule has 1 aromatic heterocycles. The van der Waals surface area contributed by atoms with Crippen LogP contribution in [0, 0.1) is 12.8 Å². The molecule has 1 N–H and O–H groups in total. The number of aromatic nitrogens is 1. The second kappa shape index (κ2) is 7.13. The fraction of sp³-hybridized carbons (Fsp3) is 0.333. The standard InChI is InChI=1S/C18H22N2O3S/c1-12(2)16(17-13(3)7-6-10-19-17)20-18(21)14-8-5-9-15(11-14)24(4,22)23/h5-12,16H,1-4H3,(H,20,21)/t16-/m1/s1. The summed E-state index contributed by atoms with van der Waals surface area (Å²) in [4.78, 5) is 17.1. The predicted molar refractivity (Wildman–Crippen MR) is 93.6 cm³/mol. The Balaban J connectivity index is 2.31. The fourth-order valence-corrected chi connectivity index (χ4v) is 3.13. The van der Waals surface area contributed by atoms with E-state index in [1.807, 2.05) is 32.9 Å². The van der Waals surface area contributed by atoms with E-state index in [2.05, 4.69) is 10.3 Å². The molecule has 1 heterocycles. The number of rotatable bonds is 5. The number of carbonyl (C=O) groups excluding carboxylic acids is 1. The van der Waals surface area contributed by atoms with Gasteiger partial charge in [0, 0.05) is 18.0 Å². The smallest absolute Gasteiger partial charge is 0.251 e. The monoisotopic (exact) mass is 346 g/mol. The lowest BCUT2D eigenvalue weighted by Crippen LogP contribution is -2.33. The number of hydrogen-bond acceptors (Lipinski definition) is 4. The molecule has 0 saturated carbocycles. The van der Waals surface area contributed by atoms with Crippen LogP contribution in [0.15, 0.2) is 47.5 Å². The van der Waals surface area contributed by atoms with Crippen LogP contribution in [0.5, 0.6) is 0 Å². The van der Waals surface area contributed by atoms with Crippen LogP contribution in [0.1, 0.15) is 41.5 Å². The molecule has 6 heteroatoms. The van der Waals surface area contributed by atoms with Gasteiger partial charge in [-0.05, 0) is 42.7 Å². The molecule has 1 amide bonds. The van der Waals surface area contributed by atoms with E-state index < -0.39 is 9.84 Å². The summed E-state index contributed by atoms with van der Waals surface area (Å²) in [6, 6.07) is 9.61. The number of aryl methyl sites for hydroxylation is 1. The van der Waals surface area contributed by atoms with Crippen LogP contribution in [-0.2, 0) is 9.84 Å². The van der Waals surface area contributed by atoms with E-state index in [9.17, 15) is 13.2 Å². The van der Waals surface area contributed by atoms with Gasteiger partial charge in [-0.25, -0.2) is 8.42 Å². The lowest BCUT2D eigenvalue weighted by molar-refractivity contribution is 0.0924. The maximum atomic E-state index is 12.6. The average Bonchev–Trinajstić information content (AvgIpc) is 2.52. The molecular formula is C18H22N2O3S. The summed E-state index contributed by atoms with van der Waals surface area (Å²) < 4.78 is 23.3. The molecule has 128 valence electrons. The number of benzene rings is 1. The zero-order valence-corrected chi connectivity index (χ0v) is 15.1. The Morgan fingerprint density at radius 3 is 2.46 bits per heavy atom. The van der Waals surface area contributed by atoms with Crippen molar-refractivity contribution in [3.63, 3.8) is 0 Å². The first kappa shape index (κ1) is 18.1. The highest BCUT2D eigenvalue weighted by Gasteiger charge is 2.22. The van der Waals surface area contributed by atoms with E-state index in [1.54, 1.807) is 18.3 Å². The van der Waals surface area contributed by atoms with Gasteiger partial charge >= 0.3 is 0 Å². The van der Waals surface area contributed by atoms with Crippen molar-refractivity contribution in [2.45, 2.75) is 31.7 Å². The van der Waals surface area contributed by atoms with E-state index >= 15 is 0 Å². The van der Waals surface area contributed by atoms with Crippen LogP contribution in [-0.4, -0.2) is 25.6 Å². The fourth-order valence-electron chi connectivity index (χ4n) is 2.47. The molecule has 2 aromatic rings. The number of carbonyl (C=O) groups is 1. The van der Waals surface area contributed by atoms with Crippen molar-refractivity contribution in [3.05, 3.63) is 59.4 Å². The van der Waals surface area contributed by atoms with Gasteiger partial charge in [0.1, 0.15) is 0 Å². The molecule has 5 nitrogen and oxygen atoms in total. The van der Waals surface area contributed by atoms with Gasteiger partial charge in [-0.15, -0.1) is 0 Å². The minimum atomic E-state index is -3.35. The maximum Gasteiger partial charge on any atom is 0.251 e. The molecule has 1 aromatic carbocycles. The van der Waals surface area contributed by atoms with Crippen LogP contribution in [0.2, 0.25) is 0 Å². The van der Waals surface area contributed by atoms with Crippen LogP contribution >= 0.6 is 0 Å². The van der Waals surface area contributed by atoms with Crippen molar-refractivity contribution in [3.8, 4) is 0 Å². The van der Waals surface area contributed by atoms with Crippen LogP contribution in [0.4, 0.5) is 0 Å². The minimum absolute atomic E-state index is 0.130. The summed E-state index contributed by atoms with van der Waals surface area (Å²) in [6.07, 6.45) is 2.83. The number of nitrogens with one attached hydrogen (secondary N) is 1. The molecule has 0 saturated heterocycles. The predicted octanol–water partition coefficient (Wildman–Crippen LogP) is 2.92. The quantitative estimate of drug-likeness (QED) is 0.903. The first-order valence-electron chi connectivity index (χ1n) is 7.72. The summed E-state index contributed by atoms with van der Waals surface area (Å²) in [5.74, 6) is -0.176. The number of nitrogens with zero attached hydrogens (tertiary/aromatic N) is 1. The van der Waals surface area contributed by atoms with E-state index in [0.29, 0.717) is 5.56 Å². The van der Waals surface area contributed by atoms with Crippen molar-refractivity contribution in [2.75, 3.05) is 6.26 Å². The first-order valence-corrected chi connectivity index (χ1v) is 9.62. The van der Waals surface area contributed by atoms with Gasteiger partial charge in [0.2, 0.25) is 0 Å². The Morgan fingerprint density at radius 2 is 1.88 bits per heavy atom.